The summed E-state index contributed by atoms with van der Waals surface area (Å²) in [7, 11) is 3.74. The largest absolute Gasteiger partial charge is 0.416 e. The van der Waals surface area contributed by atoms with Gasteiger partial charge in [0, 0.05) is 48.9 Å². The number of imidazole rings is 2. The lowest BCUT2D eigenvalue weighted by Crippen LogP contribution is -2.18. The van der Waals surface area contributed by atoms with Gasteiger partial charge in [0.15, 0.2) is 11.4 Å². The van der Waals surface area contributed by atoms with Crippen LogP contribution in [-0.4, -0.2) is 48.7 Å². The normalized spacial score (nSPS) is 11.6. The summed E-state index contributed by atoms with van der Waals surface area (Å²) in [5.41, 5.74) is 2.89. The van der Waals surface area contributed by atoms with Gasteiger partial charge in [0.2, 0.25) is 0 Å². The Bertz CT molecular complexity index is 1790. The number of fused-ring (bicyclic) bond motifs is 1. The summed E-state index contributed by atoms with van der Waals surface area (Å²) in [4.78, 5) is 27.6. The zero-order valence-corrected chi connectivity index (χ0v) is 22.8. The predicted octanol–water partition coefficient (Wildman–Crippen LogP) is 5.19. The molecule has 0 aliphatic carbocycles. The second-order valence-electron chi connectivity index (χ2n) is 10.0. The van der Waals surface area contributed by atoms with Gasteiger partial charge in [-0.05, 0) is 55.8 Å². The van der Waals surface area contributed by atoms with E-state index in [4.69, 9.17) is 0 Å². The van der Waals surface area contributed by atoms with E-state index in [1.807, 2.05) is 30.3 Å². The van der Waals surface area contributed by atoms with Crippen LogP contribution in [0.25, 0.3) is 5.65 Å². The van der Waals surface area contributed by atoms with Crippen LogP contribution < -0.4 is 0 Å². The van der Waals surface area contributed by atoms with Crippen LogP contribution in [0.5, 0.6) is 0 Å². The van der Waals surface area contributed by atoms with E-state index in [2.05, 4.69) is 26.8 Å². The van der Waals surface area contributed by atoms with Crippen LogP contribution in [0.15, 0.2) is 73.6 Å². The number of alkyl halides is 3. The van der Waals surface area contributed by atoms with Gasteiger partial charge in [0.05, 0.1) is 24.5 Å². The number of carbonyl (C=O) groups excluding carboxylic acids is 1. The first-order valence-electron chi connectivity index (χ1n) is 12.8. The summed E-state index contributed by atoms with van der Waals surface area (Å²) in [6, 6.07) is 9.25. The monoisotopic (exact) mass is 556 g/mol. The molecular formula is C31H27F3N6O. The number of carbonyl (C=O) groups is 1. The Morgan fingerprint density at radius 1 is 1.00 bits per heavy atom. The van der Waals surface area contributed by atoms with Crippen LogP contribution in [0.3, 0.4) is 0 Å². The molecule has 5 rings (SSSR count). The van der Waals surface area contributed by atoms with Crippen molar-refractivity contribution >= 4 is 11.4 Å². The first kappa shape index (κ1) is 27.8. The van der Waals surface area contributed by atoms with Gasteiger partial charge in [-0.1, -0.05) is 30.2 Å². The Labute approximate surface area is 235 Å². The van der Waals surface area contributed by atoms with Crippen molar-refractivity contribution in [2.75, 3.05) is 14.1 Å². The van der Waals surface area contributed by atoms with Gasteiger partial charge >= 0.3 is 6.18 Å². The fourth-order valence-corrected chi connectivity index (χ4v) is 4.52. The molecule has 0 aliphatic rings. The number of nitrogens with zero attached hydrogens (tertiary/aromatic N) is 6. The lowest BCUT2D eigenvalue weighted by Gasteiger charge is -2.17. The van der Waals surface area contributed by atoms with E-state index in [-0.39, 0.29) is 29.9 Å². The van der Waals surface area contributed by atoms with Crippen molar-refractivity contribution in [3.63, 3.8) is 0 Å². The molecule has 0 radical (unpaired) electrons. The summed E-state index contributed by atoms with van der Waals surface area (Å²) < 4.78 is 45.8. The molecule has 7 nitrogen and oxygen atoms in total. The van der Waals surface area contributed by atoms with Crippen molar-refractivity contribution in [3.8, 4) is 11.8 Å². The molecule has 0 amide bonds. The fourth-order valence-electron chi connectivity index (χ4n) is 4.52. The smallest absolute Gasteiger partial charge is 0.329 e. The van der Waals surface area contributed by atoms with Crippen molar-refractivity contribution < 1.29 is 18.0 Å². The van der Waals surface area contributed by atoms with Crippen LogP contribution >= 0.6 is 0 Å². The van der Waals surface area contributed by atoms with Gasteiger partial charge in [-0.2, -0.15) is 13.2 Å². The molecule has 3 heterocycles. The van der Waals surface area contributed by atoms with Gasteiger partial charge in [-0.15, -0.1) is 0 Å². The van der Waals surface area contributed by atoms with Gasteiger partial charge in [0.25, 0.3) is 0 Å². The quantitative estimate of drug-likeness (QED) is 0.204. The molecule has 0 spiro atoms. The Balaban J connectivity index is 1.38. The molecule has 0 N–H and O–H groups in total. The molecule has 0 atom stereocenters. The Hall–Kier alpha value is -4.75. The first-order valence-corrected chi connectivity index (χ1v) is 12.8. The maximum absolute atomic E-state index is 14.1. The van der Waals surface area contributed by atoms with Gasteiger partial charge in [0.1, 0.15) is 11.5 Å². The maximum atomic E-state index is 14.1. The Morgan fingerprint density at radius 3 is 2.61 bits per heavy atom. The minimum Gasteiger partial charge on any atom is -0.329 e. The molecule has 41 heavy (non-hydrogen) atoms. The molecule has 0 saturated heterocycles. The zero-order chi connectivity index (χ0) is 29.1. The molecule has 0 fully saturated rings. The topological polar surface area (TPSA) is 68.3 Å². The van der Waals surface area contributed by atoms with E-state index >= 15 is 0 Å². The highest BCUT2D eigenvalue weighted by atomic mass is 19.4. The lowest BCUT2D eigenvalue weighted by molar-refractivity contribution is -0.138. The summed E-state index contributed by atoms with van der Waals surface area (Å²) >= 11 is 0. The molecule has 2 aromatic carbocycles. The highest BCUT2D eigenvalue weighted by molar-refractivity contribution is 5.98. The molecule has 5 aromatic rings. The molecule has 0 aliphatic heterocycles. The molecule has 3 aromatic heterocycles. The summed E-state index contributed by atoms with van der Waals surface area (Å²) in [6.07, 6.45) is 5.18. The summed E-state index contributed by atoms with van der Waals surface area (Å²) in [6.45, 7) is 2.41. The third-order valence-electron chi connectivity index (χ3n) is 6.65. The molecule has 0 saturated carbocycles. The SMILES string of the molecule is Cc1ccc(C(=O)Cc2ccc(Cn3ccnc3CN(C)C)c(C(F)(F)F)c2)cc1C#Cc1cnc2cnccn12. The first-order chi connectivity index (χ1) is 19.6. The standard InChI is InChI=1S/C31H27F3N6O/c1-21-4-6-24(16-23(21)8-9-26-17-37-29-18-35-10-13-40(26)29)28(41)15-22-5-7-25(27(14-22)31(32,33)34)19-39-12-11-36-30(39)20-38(2)3/h4-7,10-14,16-18H,15,19-20H2,1-3H3. The van der Waals surface area contributed by atoms with Crippen molar-refractivity contribution in [2.45, 2.75) is 32.6 Å². The number of benzene rings is 2. The Morgan fingerprint density at radius 2 is 1.83 bits per heavy atom. The molecular weight excluding hydrogens is 529 g/mol. The minimum atomic E-state index is -4.57. The second kappa shape index (κ2) is 11.4. The van der Waals surface area contributed by atoms with Gasteiger partial charge < -0.3 is 9.47 Å². The predicted molar refractivity (Wildman–Crippen MR) is 148 cm³/mol. The molecule has 0 unspecified atom stereocenters. The van der Waals surface area contributed by atoms with E-state index in [1.54, 1.807) is 66.0 Å². The summed E-state index contributed by atoms with van der Waals surface area (Å²) in [5.74, 6) is 6.55. The van der Waals surface area contributed by atoms with Crippen molar-refractivity contribution in [3.05, 3.63) is 118 Å². The van der Waals surface area contributed by atoms with Crippen molar-refractivity contribution in [2.24, 2.45) is 0 Å². The number of hydrogen-bond donors (Lipinski definition) is 0. The maximum Gasteiger partial charge on any atom is 0.416 e. The fraction of sp³-hybridized carbons (Fsp3) is 0.226. The lowest BCUT2D eigenvalue weighted by atomic mass is 9.96. The van der Waals surface area contributed by atoms with Crippen LogP contribution in [0.4, 0.5) is 13.2 Å². The number of hydrogen-bond acceptors (Lipinski definition) is 5. The van der Waals surface area contributed by atoms with E-state index in [1.165, 1.54) is 6.07 Å². The number of rotatable bonds is 7. The third-order valence-corrected chi connectivity index (χ3v) is 6.65. The van der Waals surface area contributed by atoms with Crippen molar-refractivity contribution in [1.29, 1.82) is 0 Å². The van der Waals surface area contributed by atoms with E-state index in [9.17, 15) is 18.0 Å². The van der Waals surface area contributed by atoms with E-state index in [0.717, 1.165) is 11.6 Å². The minimum absolute atomic E-state index is 0.0230. The van der Waals surface area contributed by atoms with E-state index in [0.29, 0.717) is 34.8 Å². The Kier molecular flexibility index (Phi) is 7.72. The van der Waals surface area contributed by atoms with Crippen LogP contribution in [0.1, 0.15) is 49.7 Å². The number of aryl methyl sites for hydroxylation is 1. The van der Waals surface area contributed by atoms with Crippen LogP contribution in [0.2, 0.25) is 0 Å². The van der Waals surface area contributed by atoms with Gasteiger partial charge in [-0.25, -0.2) is 9.97 Å². The number of halogens is 3. The van der Waals surface area contributed by atoms with Gasteiger partial charge in [-0.3, -0.25) is 14.2 Å². The highest BCUT2D eigenvalue weighted by Crippen LogP contribution is 2.33. The molecule has 0 bridgehead atoms. The van der Waals surface area contributed by atoms with Crippen molar-refractivity contribution in [1.82, 2.24) is 28.8 Å². The number of ketones is 1. The number of Topliss-reactive ketones (excluding diaryl/α,β-unsaturated/α-hetero) is 1. The average Bonchev–Trinajstić information content (AvgIpc) is 3.54. The average molecular weight is 557 g/mol. The molecule has 208 valence electrons. The van der Waals surface area contributed by atoms with Crippen LogP contribution in [0, 0.1) is 18.8 Å². The summed E-state index contributed by atoms with van der Waals surface area (Å²) in [5, 5.41) is 0. The third kappa shape index (κ3) is 6.36. The molecule has 10 heteroatoms. The van der Waals surface area contributed by atoms with E-state index < -0.39 is 11.7 Å². The highest BCUT2D eigenvalue weighted by Gasteiger charge is 2.34. The second-order valence-corrected chi connectivity index (χ2v) is 10.0. The van der Waals surface area contributed by atoms with Crippen LogP contribution in [-0.2, 0) is 25.7 Å². The number of aromatic nitrogens is 5. The zero-order valence-electron chi connectivity index (χ0n) is 22.8.